The van der Waals surface area contributed by atoms with E-state index in [1.54, 1.807) is 26.0 Å². The second kappa shape index (κ2) is 6.48. The number of carbonyl (C=O) groups excluding carboxylic acids is 1. The lowest BCUT2D eigenvalue weighted by molar-refractivity contribution is -0.479. The minimum Gasteiger partial charge on any atom is -0.594 e. The second-order valence-electron chi connectivity index (χ2n) is 4.39. The van der Waals surface area contributed by atoms with Gasteiger partial charge >= 0.3 is 0 Å². The number of nitrogens with zero attached hydrogens (tertiary/aromatic N) is 2. The highest BCUT2D eigenvalue weighted by atomic mass is 35.5. The van der Waals surface area contributed by atoms with Crippen LogP contribution in [0.25, 0.3) is 5.57 Å². The van der Waals surface area contributed by atoms with Gasteiger partial charge in [-0.2, -0.15) is 0 Å². The molecule has 0 saturated carbocycles. The summed E-state index contributed by atoms with van der Waals surface area (Å²) in [6.45, 7) is 6.51. The highest BCUT2D eigenvalue weighted by molar-refractivity contribution is 6.30. The summed E-state index contributed by atoms with van der Waals surface area (Å²) in [6.07, 6.45) is 0. The van der Waals surface area contributed by atoms with Crippen molar-refractivity contribution < 1.29 is 9.66 Å². The van der Waals surface area contributed by atoms with Gasteiger partial charge in [0.05, 0.1) is 0 Å². The topological polar surface area (TPSA) is 55.5 Å². The molecular formula is C14H17ClN2O2. The van der Waals surface area contributed by atoms with E-state index in [4.69, 9.17) is 11.6 Å². The standard InChI is InChI=1S/C14H17ClN2O2/c1-9(13-5-7-14(15)8-6-13)11(3)17(19)16-10(2)12(4)18/h5-8,10H,1-4H3/b11-9+,17-16?. The van der Waals surface area contributed by atoms with Gasteiger partial charge in [-0.15, -0.1) is 0 Å². The molecule has 1 aromatic rings. The molecule has 0 saturated heterocycles. The molecule has 19 heavy (non-hydrogen) atoms. The van der Waals surface area contributed by atoms with Crippen molar-refractivity contribution in [3.05, 3.63) is 45.8 Å². The molecule has 1 unspecified atom stereocenters. The maximum Gasteiger partial charge on any atom is 0.221 e. The Balaban J connectivity index is 3.08. The molecule has 0 N–H and O–H groups in total. The Morgan fingerprint density at radius 3 is 2.26 bits per heavy atom. The summed E-state index contributed by atoms with van der Waals surface area (Å²) in [5.41, 5.74) is 2.15. The minimum atomic E-state index is -0.634. The van der Waals surface area contributed by atoms with Crippen LogP contribution >= 0.6 is 11.6 Å². The molecule has 0 fully saturated rings. The molecule has 0 bridgehead atoms. The molecule has 0 amide bonds. The van der Waals surface area contributed by atoms with Gasteiger partial charge in [-0.3, -0.25) is 4.79 Å². The lowest BCUT2D eigenvalue weighted by atomic mass is 10.1. The summed E-state index contributed by atoms with van der Waals surface area (Å²) in [5, 5.41) is 16.3. The average molecular weight is 281 g/mol. The summed E-state index contributed by atoms with van der Waals surface area (Å²) in [7, 11) is 0. The van der Waals surface area contributed by atoms with Gasteiger partial charge in [0.15, 0.2) is 11.8 Å². The average Bonchev–Trinajstić information content (AvgIpc) is 2.37. The Labute approximate surface area is 118 Å². The van der Waals surface area contributed by atoms with E-state index in [2.05, 4.69) is 5.11 Å². The lowest BCUT2D eigenvalue weighted by Crippen LogP contribution is -2.14. The predicted octanol–water partition coefficient (Wildman–Crippen LogP) is 4.03. The van der Waals surface area contributed by atoms with Crippen LogP contribution in [0.5, 0.6) is 0 Å². The smallest absolute Gasteiger partial charge is 0.221 e. The van der Waals surface area contributed by atoms with Gasteiger partial charge in [-0.1, -0.05) is 28.6 Å². The van der Waals surface area contributed by atoms with E-state index in [0.29, 0.717) is 15.6 Å². The third-order valence-corrected chi connectivity index (χ3v) is 3.23. The number of benzene rings is 1. The first kappa shape index (κ1) is 15.4. The molecule has 0 aliphatic carbocycles. The zero-order valence-electron chi connectivity index (χ0n) is 11.5. The van der Waals surface area contributed by atoms with E-state index in [-0.39, 0.29) is 5.78 Å². The molecule has 5 heteroatoms. The predicted molar refractivity (Wildman–Crippen MR) is 75.9 cm³/mol. The Bertz CT molecular complexity index is 533. The first-order chi connectivity index (χ1) is 8.82. The lowest BCUT2D eigenvalue weighted by Gasteiger charge is -2.07. The Morgan fingerprint density at radius 1 is 1.26 bits per heavy atom. The fourth-order valence-corrected chi connectivity index (χ4v) is 1.50. The van der Waals surface area contributed by atoms with Crippen LogP contribution in [0.3, 0.4) is 0 Å². The highest BCUT2D eigenvalue weighted by Crippen LogP contribution is 2.21. The van der Waals surface area contributed by atoms with E-state index in [9.17, 15) is 10.0 Å². The SMILES string of the molecule is CC(=O)C(C)N=[N+]([O-])/C(C)=C(\C)c1ccc(Cl)cc1. The first-order valence-corrected chi connectivity index (χ1v) is 6.32. The second-order valence-corrected chi connectivity index (χ2v) is 4.83. The van der Waals surface area contributed by atoms with Gasteiger partial charge in [0.1, 0.15) is 0 Å². The summed E-state index contributed by atoms with van der Waals surface area (Å²) < 4.78 is 0. The van der Waals surface area contributed by atoms with Gasteiger partial charge in [-0.05, 0) is 43.6 Å². The quantitative estimate of drug-likeness (QED) is 0.475. The molecule has 1 atom stereocenters. The Morgan fingerprint density at radius 2 is 1.79 bits per heavy atom. The maximum atomic E-state index is 11.9. The summed E-state index contributed by atoms with van der Waals surface area (Å²) >= 11 is 5.82. The largest absolute Gasteiger partial charge is 0.594 e. The number of hydrogen-bond donors (Lipinski definition) is 0. The van der Waals surface area contributed by atoms with Crippen LogP contribution in [-0.4, -0.2) is 16.7 Å². The van der Waals surface area contributed by atoms with Crippen molar-refractivity contribution >= 4 is 23.0 Å². The number of allylic oxidation sites excluding steroid dienone is 2. The molecule has 0 aromatic heterocycles. The van der Waals surface area contributed by atoms with Crippen molar-refractivity contribution in [3.63, 3.8) is 0 Å². The Kier molecular flexibility index (Phi) is 5.24. The van der Waals surface area contributed by atoms with Gasteiger partial charge in [0.25, 0.3) is 0 Å². The third kappa shape index (κ3) is 4.17. The zero-order valence-corrected chi connectivity index (χ0v) is 12.2. The van der Waals surface area contributed by atoms with Gasteiger partial charge in [0.2, 0.25) is 5.70 Å². The fourth-order valence-electron chi connectivity index (χ4n) is 1.38. The molecule has 0 heterocycles. The van der Waals surface area contributed by atoms with E-state index in [1.807, 2.05) is 19.1 Å². The van der Waals surface area contributed by atoms with Crippen molar-refractivity contribution in [2.45, 2.75) is 33.7 Å². The van der Waals surface area contributed by atoms with Crippen LogP contribution in [0, 0.1) is 5.21 Å². The van der Waals surface area contributed by atoms with Gasteiger partial charge < -0.3 is 5.21 Å². The molecule has 0 aliphatic rings. The van der Waals surface area contributed by atoms with Crippen molar-refractivity contribution in [2.75, 3.05) is 0 Å². The highest BCUT2D eigenvalue weighted by Gasteiger charge is 2.14. The van der Waals surface area contributed by atoms with Crippen LogP contribution in [0.2, 0.25) is 5.02 Å². The third-order valence-electron chi connectivity index (χ3n) is 2.97. The molecule has 0 aliphatic heterocycles. The molecule has 102 valence electrons. The van der Waals surface area contributed by atoms with Crippen molar-refractivity contribution in [3.8, 4) is 0 Å². The van der Waals surface area contributed by atoms with Crippen molar-refractivity contribution in [1.82, 2.24) is 0 Å². The van der Waals surface area contributed by atoms with Crippen molar-refractivity contribution in [2.24, 2.45) is 5.11 Å². The summed E-state index contributed by atoms with van der Waals surface area (Å²) in [5.74, 6) is -0.141. The number of Topliss-reactive ketones (excluding diaryl/α,β-unsaturated/α-hetero) is 1. The zero-order chi connectivity index (χ0) is 14.6. The van der Waals surface area contributed by atoms with Crippen LogP contribution in [0.4, 0.5) is 0 Å². The maximum absolute atomic E-state index is 11.9. The fraction of sp³-hybridized carbons (Fsp3) is 0.357. The first-order valence-electron chi connectivity index (χ1n) is 5.94. The van der Waals surface area contributed by atoms with Gasteiger partial charge in [-0.25, -0.2) is 0 Å². The number of carbonyl (C=O) groups is 1. The number of hydroxylamine groups is 1. The van der Waals surface area contributed by atoms with Crippen molar-refractivity contribution in [1.29, 1.82) is 0 Å². The van der Waals surface area contributed by atoms with E-state index >= 15 is 0 Å². The molecular weight excluding hydrogens is 264 g/mol. The Hall–Kier alpha value is -1.68. The van der Waals surface area contributed by atoms with Gasteiger partial charge in [0, 0.05) is 17.5 Å². The monoisotopic (exact) mass is 280 g/mol. The number of azo groups is 1. The molecule has 1 aromatic carbocycles. The van der Waals surface area contributed by atoms with E-state index in [0.717, 1.165) is 11.1 Å². The van der Waals surface area contributed by atoms with Crippen LogP contribution in [-0.2, 0) is 4.79 Å². The number of rotatable bonds is 4. The summed E-state index contributed by atoms with van der Waals surface area (Å²) in [6, 6.07) is 6.56. The van der Waals surface area contributed by atoms with Crippen LogP contribution in [0.1, 0.15) is 33.3 Å². The molecule has 4 nitrogen and oxygen atoms in total. The number of ketones is 1. The number of hydrogen-bond acceptors (Lipinski definition) is 3. The summed E-state index contributed by atoms with van der Waals surface area (Å²) in [4.78, 5) is 11.6. The van der Waals surface area contributed by atoms with E-state index < -0.39 is 6.04 Å². The minimum absolute atomic E-state index is 0.141. The van der Waals surface area contributed by atoms with E-state index in [1.165, 1.54) is 6.92 Å². The molecule has 1 rings (SSSR count). The number of halogens is 1. The molecule has 0 spiro atoms. The molecule has 0 radical (unpaired) electrons. The normalized spacial score (nSPS) is 14.9. The van der Waals surface area contributed by atoms with Crippen LogP contribution < -0.4 is 0 Å². The van der Waals surface area contributed by atoms with Crippen LogP contribution in [0.15, 0.2) is 35.1 Å².